The number of carbonyl (C=O) groups is 1. The van der Waals surface area contributed by atoms with E-state index in [4.69, 9.17) is 17.3 Å². The molecule has 1 amide bonds. The molecule has 0 saturated heterocycles. The van der Waals surface area contributed by atoms with Crippen molar-refractivity contribution >= 4 is 17.5 Å². The number of hydrogen-bond acceptors (Lipinski definition) is 1. The maximum atomic E-state index is 10.9. The fourth-order valence-electron chi connectivity index (χ4n) is 1.05. The summed E-state index contributed by atoms with van der Waals surface area (Å²) in [6.45, 7) is 3.65. The van der Waals surface area contributed by atoms with Crippen LogP contribution in [0.2, 0.25) is 5.02 Å². The summed E-state index contributed by atoms with van der Waals surface area (Å²) in [4.78, 5) is 10.9. The molecule has 0 aliphatic rings. The van der Waals surface area contributed by atoms with E-state index < -0.39 is 5.91 Å². The normalized spacial score (nSPS) is 9.92. The van der Waals surface area contributed by atoms with Crippen LogP contribution in [0.1, 0.15) is 21.5 Å². The fourth-order valence-corrected chi connectivity index (χ4v) is 1.26. The van der Waals surface area contributed by atoms with Gasteiger partial charge in [-0.05, 0) is 37.1 Å². The van der Waals surface area contributed by atoms with Crippen molar-refractivity contribution in [2.24, 2.45) is 5.73 Å². The summed E-state index contributed by atoms with van der Waals surface area (Å²) in [5.41, 5.74) is 7.38. The van der Waals surface area contributed by atoms with Crippen LogP contribution in [0.25, 0.3) is 0 Å². The summed E-state index contributed by atoms with van der Waals surface area (Å²) in [7, 11) is 0. The Balaban J connectivity index is 3.33. The Morgan fingerprint density at radius 3 is 2.42 bits per heavy atom. The van der Waals surface area contributed by atoms with Crippen LogP contribution in [0, 0.1) is 13.8 Å². The standard InChI is InChI=1S/C9H10ClNO/c1-5-4-8(10)6(2)3-7(5)9(11)12/h3-4H,1-2H3,(H2,11,12). The molecule has 0 spiro atoms. The van der Waals surface area contributed by atoms with Gasteiger partial charge in [0.2, 0.25) is 5.91 Å². The molecule has 1 aromatic carbocycles. The average Bonchev–Trinajstić information content (AvgIpc) is 1.96. The molecule has 0 radical (unpaired) electrons. The smallest absolute Gasteiger partial charge is 0.248 e. The van der Waals surface area contributed by atoms with Gasteiger partial charge in [-0.25, -0.2) is 0 Å². The van der Waals surface area contributed by atoms with Gasteiger partial charge < -0.3 is 5.73 Å². The number of primary amides is 1. The van der Waals surface area contributed by atoms with Gasteiger partial charge in [0.25, 0.3) is 0 Å². The van der Waals surface area contributed by atoms with Crippen LogP contribution in [0.3, 0.4) is 0 Å². The van der Waals surface area contributed by atoms with Gasteiger partial charge in [-0.1, -0.05) is 11.6 Å². The van der Waals surface area contributed by atoms with Crippen molar-refractivity contribution in [1.82, 2.24) is 0 Å². The van der Waals surface area contributed by atoms with Crippen LogP contribution in [-0.4, -0.2) is 5.91 Å². The highest BCUT2D eigenvalue weighted by molar-refractivity contribution is 6.31. The molecule has 2 N–H and O–H groups in total. The molecule has 12 heavy (non-hydrogen) atoms. The minimum absolute atomic E-state index is 0.410. The number of halogens is 1. The highest BCUT2D eigenvalue weighted by Crippen LogP contribution is 2.19. The third-order valence-corrected chi connectivity index (χ3v) is 2.18. The molecule has 0 heterocycles. The van der Waals surface area contributed by atoms with Gasteiger partial charge in [-0.2, -0.15) is 0 Å². The molecule has 0 aromatic heterocycles. The van der Waals surface area contributed by atoms with Crippen molar-refractivity contribution in [3.05, 3.63) is 33.8 Å². The maximum absolute atomic E-state index is 10.9. The van der Waals surface area contributed by atoms with Crippen LogP contribution in [0.5, 0.6) is 0 Å². The molecule has 0 unspecified atom stereocenters. The molecule has 3 heteroatoms. The lowest BCUT2D eigenvalue weighted by atomic mass is 10.1. The second kappa shape index (κ2) is 3.15. The summed E-state index contributed by atoms with van der Waals surface area (Å²) in [5, 5.41) is 0.664. The first-order valence-electron chi connectivity index (χ1n) is 3.59. The second-order valence-electron chi connectivity index (χ2n) is 2.78. The number of amides is 1. The van der Waals surface area contributed by atoms with Gasteiger partial charge in [-0.3, -0.25) is 4.79 Å². The first-order chi connectivity index (χ1) is 5.52. The first-order valence-corrected chi connectivity index (χ1v) is 3.96. The van der Waals surface area contributed by atoms with Gasteiger partial charge in [-0.15, -0.1) is 0 Å². The molecule has 2 nitrogen and oxygen atoms in total. The van der Waals surface area contributed by atoms with Gasteiger partial charge in [0.05, 0.1) is 0 Å². The van der Waals surface area contributed by atoms with E-state index in [2.05, 4.69) is 0 Å². The lowest BCUT2D eigenvalue weighted by molar-refractivity contribution is 0.0999. The Morgan fingerprint density at radius 1 is 1.33 bits per heavy atom. The summed E-state index contributed by atoms with van der Waals surface area (Å²) < 4.78 is 0. The van der Waals surface area contributed by atoms with Gasteiger partial charge in [0.1, 0.15) is 0 Å². The van der Waals surface area contributed by atoms with Gasteiger partial charge in [0, 0.05) is 10.6 Å². The van der Waals surface area contributed by atoms with E-state index in [1.807, 2.05) is 13.8 Å². The summed E-state index contributed by atoms with van der Waals surface area (Å²) >= 11 is 5.84. The van der Waals surface area contributed by atoms with Crippen molar-refractivity contribution < 1.29 is 4.79 Å². The molecule has 1 aromatic rings. The van der Waals surface area contributed by atoms with Crippen LogP contribution < -0.4 is 5.73 Å². The Kier molecular flexibility index (Phi) is 2.38. The highest BCUT2D eigenvalue weighted by atomic mass is 35.5. The largest absolute Gasteiger partial charge is 0.366 e. The fraction of sp³-hybridized carbons (Fsp3) is 0.222. The molecular formula is C9H10ClNO. The number of nitrogens with two attached hydrogens (primary N) is 1. The molecule has 64 valence electrons. The van der Waals surface area contributed by atoms with Gasteiger partial charge >= 0.3 is 0 Å². The quantitative estimate of drug-likeness (QED) is 0.712. The van der Waals surface area contributed by atoms with Crippen molar-refractivity contribution in [3.8, 4) is 0 Å². The molecule has 1 rings (SSSR count). The molecular weight excluding hydrogens is 174 g/mol. The van der Waals surface area contributed by atoms with E-state index >= 15 is 0 Å². The van der Waals surface area contributed by atoms with E-state index in [-0.39, 0.29) is 0 Å². The minimum atomic E-state index is -0.410. The predicted octanol–water partition coefficient (Wildman–Crippen LogP) is 2.06. The molecule has 0 saturated carbocycles. The van der Waals surface area contributed by atoms with Crippen LogP contribution in [0.15, 0.2) is 12.1 Å². The van der Waals surface area contributed by atoms with E-state index in [0.717, 1.165) is 11.1 Å². The second-order valence-corrected chi connectivity index (χ2v) is 3.19. The van der Waals surface area contributed by atoms with Crippen molar-refractivity contribution in [3.63, 3.8) is 0 Å². The zero-order valence-corrected chi connectivity index (χ0v) is 7.77. The van der Waals surface area contributed by atoms with Gasteiger partial charge in [0.15, 0.2) is 0 Å². The number of aryl methyl sites for hydroxylation is 2. The van der Waals surface area contributed by atoms with Crippen LogP contribution in [-0.2, 0) is 0 Å². The highest BCUT2D eigenvalue weighted by Gasteiger charge is 2.06. The van der Waals surface area contributed by atoms with Crippen LogP contribution >= 0.6 is 11.6 Å². The molecule has 0 atom stereocenters. The molecule has 0 bridgehead atoms. The van der Waals surface area contributed by atoms with E-state index in [1.165, 1.54) is 0 Å². The van der Waals surface area contributed by atoms with Crippen molar-refractivity contribution in [2.45, 2.75) is 13.8 Å². The van der Waals surface area contributed by atoms with Crippen molar-refractivity contribution in [2.75, 3.05) is 0 Å². The topological polar surface area (TPSA) is 43.1 Å². The van der Waals surface area contributed by atoms with Crippen LogP contribution in [0.4, 0.5) is 0 Å². The number of rotatable bonds is 1. The Morgan fingerprint density at radius 2 is 1.92 bits per heavy atom. The average molecular weight is 184 g/mol. The predicted molar refractivity (Wildman–Crippen MR) is 49.4 cm³/mol. The molecule has 0 fully saturated rings. The van der Waals surface area contributed by atoms with E-state index in [1.54, 1.807) is 12.1 Å². The third kappa shape index (κ3) is 1.59. The Bertz CT molecular complexity index is 334. The summed E-state index contributed by atoms with van der Waals surface area (Å²) in [6.07, 6.45) is 0. The Hall–Kier alpha value is -1.02. The zero-order chi connectivity index (χ0) is 9.30. The lowest BCUT2D eigenvalue weighted by Crippen LogP contribution is -2.12. The third-order valence-electron chi connectivity index (χ3n) is 1.77. The summed E-state index contributed by atoms with van der Waals surface area (Å²) in [5.74, 6) is -0.410. The Labute approximate surface area is 76.3 Å². The molecule has 0 aliphatic carbocycles. The minimum Gasteiger partial charge on any atom is -0.366 e. The van der Waals surface area contributed by atoms with E-state index in [0.29, 0.717) is 10.6 Å². The maximum Gasteiger partial charge on any atom is 0.248 e. The lowest BCUT2D eigenvalue weighted by Gasteiger charge is -2.04. The number of hydrogen-bond donors (Lipinski definition) is 1. The molecule has 0 aliphatic heterocycles. The zero-order valence-electron chi connectivity index (χ0n) is 7.02. The number of carbonyl (C=O) groups excluding carboxylic acids is 1. The summed E-state index contributed by atoms with van der Waals surface area (Å²) in [6, 6.07) is 3.46. The first kappa shape index (κ1) is 9.07. The monoisotopic (exact) mass is 183 g/mol. The SMILES string of the molecule is Cc1cc(C(N)=O)c(C)cc1Cl. The number of benzene rings is 1. The van der Waals surface area contributed by atoms with Crippen molar-refractivity contribution in [1.29, 1.82) is 0 Å². The van der Waals surface area contributed by atoms with E-state index in [9.17, 15) is 4.79 Å².